The molecule has 1 aromatic rings. The van der Waals surface area contributed by atoms with Gasteiger partial charge in [0.2, 0.25) is 11.8 Å². The van der Waals surface area contributed by atoms with E-state index in [4.69, 9.17) is 0 Å². The van der Waals surface area contributed by atoms with Crippen molar-refractivity contribution in [1.29, 1.82) is 5.26 Å². The van der Waals surface area contributed by atoms with E-state index in [-0.39, 0.29) is 36.1 Å². The second kappa shape index (κ2) is 8.41. The molecule has 2 heterocycles. The van der Waals surface area contributed by atoms with Gasteiger partial charge >= 0.3 is 0 Å². The Kier molecular flexibility index (Phi) is 6.18. The van der Waals surface area contributed by atoms with Crippen LogP contribution in [0.2, 0.25) is 0 Å². The molecule has 3 rings (SSSR count). The van der Waals surface area contributed by atoms with Crippen LogP contribution in [0.1, 0.15) is 20.3 Å². The Bertz CT molecular complexity index is 753. The first-order chi connectivity index (χ1) is 12.9. The highest BCUT2D eigenvalue weighted by Gasteiger charge is 2.38. The number of benzene rings is 1. The van der Waals surface area contributed by atoms with Crippen molar-refractivity contribution in [2.75, 3.05) is 37.6 Å². The second-order valence-corrected chi connectivity index (χ2v) is 8.48. The Morgan fingerprint density at radius 1 is 1.26 bits per heavy atom. The zero-order valence-electron chi connectivity index (χ0n) is 15.8. The number of nitriles is 1. The average Bonchev–Trinajstić information content (AvgIpc) is 3.04. The standard InChI is InChI=1S/C20H25BrN4O2/c1-14(2)18(12-22)23-6-8-24(9-7-23)20(27)15-10-19(26)25(13-15)17-5-3-4-16(21)11-17/h3-5,11,14-15,18H,6-10,13H2,1-2H3. The fourth-order valence-electron chi connectivity index (χ4n) is 3.90. The van der Waals surface area contributed by atoms with Gasteiger partial charge in [0.25, 0.3) is 0 Å². The molecule has 0 saturated carbocycles. The monoisotopic (exact) mass is 432 g/mol. The lowest BCUT2D eigenvalue weighted by Gasteiger charge is -2.38. The molecule has 0 spiro atoms. The lowest BCUT2D eigenvalue weighted by atomic mass is 10.0. The van der Waals surface area contributed by atoms with Gasteiger partial charge in [-0.1, -0.05) is 35.8 Å². The summed E-state index contributed by atoms with van der Waals surface area (Å²) < 4.78 is 0.913. The molecule has 1 aromatic carbocycles. The molecule has 2 aliphatic rings. The zero-order valence-corrected chi connectivity index (χ0v) is 17.4. The van der Waals surface area contributed by atoms with Crippen LogP contribution in [0.5, 0.6) is 0 Å². The third-order valence-corrected chi connectivity index (χ3v) is 5.87. The van der Waals surface area contributed by atoms with Crippen molar-refractivity contribution in [3.8, 4) is 6.07 Å². The van der Waals surface area contributed by atoms with E-state index < -0.39 is 0 Å². The minimum atomic E-state index is -0.292. The van der Waals surface area contributed by atoms with Gasteiger partial charge in [-0.2, -0.15) is 5.26 Å². The first-order valence-corrected chi connectivity index (χ1v) is 10.2. The van der Waals surface area contributed by atoms with E-state index >= 15 is 0 Å². The molecule has 7 heteroatoms. The minimum Gasteiger partial charge on any atom is -0.340 e. The molecule has 0 aliphatic carbocycles. The quantitative estimate of drug-likeness (QED) is 0.732. The van der Waals surface area contributed by atoms with Crippen LogP contribution in [0.3, 0.4) is 0 Å². The number of carbonyl (C=O) groups excluding carboxylic acids is 2. The lowest BCUT2D eigenvalue weighted by molar-refractivity contribution is -0.137. The first-order valence-electron chi connectivity index (χ1n) is 9.39. The van der Waals surface area contributed by atoms with Crippen LogP contribution in [-0.4, -0.2) is 60.4 Å². The predicted octanol–water partition coefficient (Wildman–Crippen LogP) is 2.49. The Morgan fingerprint density at radius 2 is 1.96 bits per heavy atom. The van der Waals surface area contributed by atoms with E-state index in [0.29, 0.717) is 32.7 Å². The van der Waals surface area contributed by atoms with Crippen LogP contribution >= 0.6 is 15.9 Å². The van der Waals surface area contributed by atoms with Crippen molar-refractivity contribution >= 4 is 33.4 Å². The first kappa shape index (κ1) is 19.8. The number of halogens is 1. The van der Waals surface area contributed by atoms with E-state index in [1.807, 2.05) is 43.0 Å². The number of amides is 2. The van der Waals surface area contributed by atoms with Crippen molar-refractivity contribution in [2.24, 2.45) is 11.8 Å². The fourth-order valence-corrected chi connectivity index (χ4v) is 4.28. The van der Waals surface area contributed by atoms with Crippen LogP contribution in [0, 0.1) is 23.2 Å². The summed E-state index contributed by atoms with van der Waals surface area (Å²) in [6.45, 7) is 7.17. The summed E-state index contributed by atoms with van der Waals surface area (Å²) in [5.41, 5.74) is 0.822. The molecule has 2 saturated heterocycles. The average molecular weight is 433 g/mol. The van der Waals surface area contributed by atoms with Crippen LogP contribution in [0.15, 0.2) is 28.7 Å². The normalized spacial score (nSPS) is 22.2. The molecule has 2 aliphatic heterocycles. The summed E-state index contributed by atoms with van der Waals surface area (Å²) in [7, 11) is 0. The fraction of sp³-hybridized carbons (Fsp3) is 0.550. The van der Waals surface area contributed by atoms with Crippen LogP contribution in [0.4, 0.5) is 5.69 Å². The third-order valence-electron chi connectivity index (χ3n) is 5.38. The Hall–Kier alpha value is -1.91. The molecule has 27 heavy (non-hydrogen) atoms. The van der Waals surface area contributed by atoms with Crippen molar-refractivity contribution in [1.82, 2.24) is 9.80 Å². The molecule has 0 radical (unpaired) electrons. The highest BCUT2D eigenvalue weighted by molar-refractivity contribution is 9.10. The molecule has 2 fully saturated rings. The largest absolute Gasteiger partial charge is 0.340 e. The van der Waals surface area contributed by atoms with Gasteiger partial charge in [0.05, 0.1) is 12.0 Å². The second-order valence-electron chi connectivity index (χ2n) is 7.56. The van der Waals surface area contributed by atoms with Gasteiger partial charge in [0.1, 0.15) is 6.04 Å². The third kappa shape index (κ3) is 4.33. The van der Waals surface area contributed by atoms with E-state index in [1.165, 1.54) is 0 Å². The molecule has 0 bridgehead atoms. The van der Waals surface area contributed by atoms with Gasteiger partial charge in [-0.25, -0.2) is 0 Å². The van der Waals surface area contributed by atoms with Crippen LogP contribution in [-0.2, 0) is 9.59 Å². The number of hydrogen-bond acceptors (Lipinski definition) is 4. The maximum Gasteiger partial charge on any atom is 0.228 e. The summed E-state index contributed by atoms with van der Waals surface area (Å²) in [6.07, 6.45) is 0.262. The number of hydrogen-bond donors (Lipinski definition) is 0. The highest BCUT2D eigenvalue weighted by Crippen LogP contribution is 2.28. The van der Waals surface area contributed by atoms with Crippen molar-refractivity contribution < 1.29 is 9.59 Å². The molecule has 2 atom stereocenters. The van der Waals surface area contributed by atoms with Crippen LogP contribution < -0.4 is 4.90 Å². The summed E-state index contributed by atoms with van der Waals surface area (Å²) in [5, 5.41) is 9.36. The summed E-state index contributed by atoms with van der Waals surface area (Å²) in [5.74, 6) is 0.0244. The molecule has 0 N–H and O–H groups in total. The lowest BCUT2D eigenvalue weighted by Crippen LogP contribution is -2.54. The Morgan fingerprint density at radius 3 is 2.56 bits per heavy atom. The van der Waals surface area contributed by atoms with E-state index in [2.05, 4.69) is 26.9 Å². The zero-order chi connectivity index (χ0) is 19.6. The summed E-state index contributed by atoms with van der Waals surface area (Å²) >= 11 is 3.43. The SMILES string of the molecule is CC(C)C(C#N)N1CCN(C(=O)C2CC(=O)N(c3cccc(Br)c3)C2)CC1. The highest BCUT2D eigenvalue weighted by atomic mass is 79.9. The van der Waals surface area contributed by atoms with Gasteiger partial charge in [0.15, 0.2) is 0 Å². The van der Waals surface area contributed by atoms with Crippen molar-refractivity contribution in [3.63, 3.8) is 0 Å². The molecular formula is C20H25BrN4O2. The molecule has 0 aromatic heterocycles. The Balaban J connectivity index is 1.60. The number of rotatable bonds is 4. The van der Waals surface area contributed by atoms with Gasteiger partial charge in [0, 0.05) is 49.3 Å². The maximum atomic E-state index is 12.9. The smallest absolute Gasteiger partial charge is 0.228 e. The maximum absolute atomic E-state index is 12.9. The summed E-state index contributed by atoms with van der Waals surface area (Å²) in [4.78, 5) is 31.1. The van der Waals surface area contributed by atoms with E-state index in [0.717, 1.165) is 10.2 Å². The Labute approximate surface area is 168 Å². The van der Waals surface area contributed by atoms with Gasteiger partial charge in [-0.15, -0.1) is 0 Å². The molecule has 2 unspecified atom stereocenters. The molecule has 144 valence electrons. The van der Waals surface area contributed by atoms with Gasteiger partial charge in [-0.3, -0.25) is 14.5 Å². The van der Waals surface area contributed by atoms with Gasteiger partial charge in [-0.05, 0) is 24.1 Å². The topological polar surface area (TPSA) is 67.6 Å². The molecular weight excluding hydrogens is 408 g/mol. The summed E-state index contributed by atoms with van der Waals surface area (Å²) in [6, 6.07) is 9.86. The van der Waals surface area contributed by atoms with Gasteiger partial charge < -0.3 is 9.80 Å². The minimum absolute atomic E-state index is 0.00515. The number of piperazine rings is 1. The van der Waals surface area contributed by atoms with Crippen LogP contribution in [0.25, 0.3) is 0 Å². The number of nitrogens with zero attached hydrogens (tertiary/aromatic N) is 4. The number of carbonyl (C=O) groups is 2. The molecule has 2 amide bonds. The number of anilines is 1. The molecule has 6 nitrogen and oxygen atoms in total. The van der Waals surface area contributed by atoms with Crippen molar-refractivity contribution in [3.05, 3.63) is 28.7 Å². The van der Waals surface area contributed by atoms with E-state index in [1.54, 1.807) is 4.90 Å². The van der Waals surface area contributed by atoms with Crippen molar-refractivity contribution in [2.45, 2.75) is 26.3 Å². The van der Waals surface area contributed by atoms with E-state index in [9.17, 15) is 14.9 Å². The predicted molar refractivity (Wildman–Crippen MR) is 107 cm³/mol.